The van der Waals surface area contributed by atoms with E-state index in [0.717, 1.165) is 23.9 Å². The molecule has 0 aliphatic heterocycles. The van der Waals surface area contributed by atoms with Gasteiger partial charge < -0.3 is 9.84 Å². The zero-order chi connectivity index (χ0) is 11.5. The van der Waals surface area contributed by atoms with E-state index in [-0.39, 0.29) is 0 Å². The Morgan fingerprint density at radius 1 is 1.44 bits per heavy atom. The van der Waals surface area contributed by atoms with E-state index in [1.807, 2.05) is 13.8 Å². The molecule has 1 heterocycles. The Bertz CT molecular complexity index is 322. The average molecular weight is 222 g/mol. The summed E-state index contributed by atoms with van der Waals surface area (Å²) in [4.78, 5) is 0. The minimum absolute atomic E-state index is 0.693. The SMILES string of the molecule is CCCC(NCc1c(C)noc1C)C1CC1. The summed E-state index contributed by atoms with van der Waals surface area (Å²) in [5.41, 5.74) is 2.26. The van der Waals surface area contributed by atoms with Crippen LogP contribution in [0.1, 0.15) is 49.6 Å². The largest absolute Gasteiger partial charge is 0.361 e. The standard InChI is InChI=1S/C13H22N2O/c1-4-5-13(11-6-7-11)14-8-12-9(2)15-16-10(12)3/h11,13-14H,4-8H2,1-3H3. The summed E-state index contributed by atoms with van der Waals surface area (Å²) in [5, 5.41) is 7.65. The van der Waals surface area contributed by atoms with Gasteiger partial charge >= 0.3 is 0 Å². The summed E-state index contributed by atoms with van der Waals surface area (Å²) in [6.45, 7) is 7.16. The van der Waals surface area contributed by atoms with Crippen LogP contribution in [0.25, 0.3) is 0 Å². The summed E-state index contributed by atoms with van der Waals surface area (Å²) in [6.07, 6.45) is 5.35. The van der Waals surface area contributed by atoms with Crippen molar-refractivity contribution in [2.24, 2.45) is 5.92 Å². The monoisotopic (exact) mass is 222 g/mol. The molecule has 1 N–H and O–H groups in total. The second-order valence-corrected chi connectivity index (χ2v) is 4.92. The third-order valence-corrected chi connectivity index (χ3v) is 3.51. The molecule has 0 saturated heterocycles. The molecule has 1 aliphatic carbocycles. The maximum atomic E-state index is 5.17. The molecule has 0 radical (unpaired) electrons. The first kappa shape index (κ1) is 11.6. The molecule has 1 aliphatic rings. The first-order valence-electron chi connectivity index (χ1n) is 6.37. The van der Waals surface area contributed by atoms with Crippen molar-refractivity contribution in [3.63, 3.8) is 0 Å². The molecule has 0 amide bonds. The topological polar surface area (TPSA) is 38.1 Å². The first-order valence-corrected chi connectivity index (χ1v) is 6.37. The van der Waals surface area contributed by atoms with Crippen LogP contribution in [0.3, 0.4) is 0 Å². The maximum Gasteiger partial charge on any atom is 0.138 e. The highest BCUT2D eigenvalue weighted by atomic mass is 16.5. The molecule has 1 atom stereocenters. The van der Waals surface area contributed by atoms with Crippen molar-refractivity contribution in [2.75, 3.05) is 0 Å². The van der Waals surface area contributed by atoms with E-state index in [9.17, 15) is 0 Å². The Hall–Kier alpha value is -0.830. The van der Waals surface area contributed by atoms with Gasteiger partial charge in [-0.25, -0.2) is 0 Å². The van der Waals surface area contributed by atoms with Gasteiger partial charge in [-0.1, -0.05) is 18.5 Å². The predicted octanol–water partition coefficient (Wildman–Crippen LogP) is 2.96. The normalized spacial score (nSPS) is 17.7. The van der Waals surface area contributed by atoms with Gasteiger partial charge in [0, 0.05) is 18.2 Å². The third-order valence-electron chi connectivity index (χ3n) is 3.51. The highest BCUT2D eigenvalue weighted by Crippen LogP contribution is 2.34. The fourth-order valence-corrected chi connectivity index (χ4v) is 2.30. The van der Waals surface area contributed by atoms with Crippen molar-refractivity contribution in [1.82, 2.24) is 10.5 Å². The van der Waals surface area contributed by atoms with Crippen LogP contribution in [-0.2, 0) is 6.54 Å². The minimum Gasteiger partial charge on any atom is -0.361 e. The van der Waals surface area contributed by atoms with Gasteiger partial charge in [0.15, 0.2) is 0 Å². The van der Waals surface area contributed by atoms with Gasteiger partial charge in [0.05, 0.1) is 5.69 Å². The molecule has 3 heteroatoms. The summed E-state index contributed by atoms with van der Waals surface area (Å²) in [5.74, 6) is 1.87. The number of nitrogens with zero attached hydrogens (tertiary/aromatic N) is 1. The zero-order valence-corrected chi connectivity index (χ0v) is 10.5. The number of rotatable bonds is 6. The molecular formula is C13H22N2O. The summed E-state index contributed by atoms with van der Waals surface area (Å²) >= 11 is 0. The van der Waals surface area contributed by atoms with Crippen LogP contribution in [0, 0.1) is 19.8 Å². The van der Waals surface area contributed by atoms with Gasteiger partial charge in [-0.15, -0.1) is 0 Å². The lowest BCUT2D eigenvalue weighted by atomic mass is 10.1. The average Bonchev–Trinajstić information content (AvgIpc) is 3.04. The molecule has 90 valence electrons. The van der Waals surface area contributed by atoms with Crippen molar-refractivity contribution >= 4 is 0 Å². The van der Waals surface area contributed by atoms with E-state index in [2.05, 4.69) is 17.4 Å². The molecule has 0 aromatic carbocycles. The van der Waals surface area contributed by atoms with Gasteiger partial charge in [-0.2, -0.15) is 0 Å². The van der Waals surface area contributed by atoms with Crippen LogP contribution in [0.15, 0.2) is 4.52 Å². The van der Waals surface area contributed by atoms with E-state index in [1.165, 1.54) is 31.2 Å². The van der Waals surface area contributed by atoms with Gasteiger partial charge in [0.25, 0.3) is 0 Å². The van der Waals surface area contributed by atoms with E-state index >= 15 is 0 Å². The molecule has 1 saturated carbocycles. The fraction of sp³-hybridized carbons (Fsp3) is 0.769. The third kappa shape index (κ3) is 2.64. The summed E-state index contributed by atoms with van der Waals surface area (Å²) in [7, 11) is 0. The van der Waals surface area contributed by atoms with Gasteiger partial charge in [-0.05, 0) is 39.0 Å². The first-order chi connectivity index (χ1) is 7.72. The van der Waals surface area contributed by atoms with Crippen LogP contribution in [0.2, 0.25) is 0 Å². The number of nitrogens with one attached hydrogen (secondary N) is 1. The lowest BCUT2D eigenvalue weighted by Gasteiger charge is -2.17. The Balaban J connectivity index is 1.89. The Labute approximate surface area is 97.6 Å². The van der Waals surface area contributed by atoms with E-state index in [0.29, 0.717) is 6.04 Å². The molecule has 0 spiro atoms. The molecule has 1 fully saturated rings. The number of aryl methyl sites for hydroxylation is 2. The van der Waals surface area contributed by atoms with Crippen molar-refractivity contribution < 1.29 is 4.52 Å². The molecular weight excluding hydrogens is 200 g/mol. The van der Waals surface area contributed by atoms with Crippen molar-refractivity contribution in [3.05, 3.63) is 17.0 Å². The Morgan fingerprint density at radius 2 is 2.19 bits per heavy atom. The van der Waals surface area contributed by atoms with Crippen LogP contribution in [0.5, 0.6) is 0 Å². The number of hydrogen-bond donors (Lipinski definition) is 1. The highest BCUT2D eigenvalue weighted by molar-refractivity contribution is 5.20. The molecule has 1 aromatic rings. The van der Waals surface area contributed by atoms with Crippen molar-refractivity contribution in [1.29, 1.82) is 0 Å². The molecule has 16 heavy (non-hydrogen) atoms. The minimum atomic E-state index is 0.693. The van der Waals surface area contributed by atoms with Crippen LogP contribution in [-0.4, -0.2) is 11.2 Å². The smallest absolute Gasteiger partial charge is 0.138 e. The van der Waals surface area contributed by atoms with Crippen LogP contribution >= 0.6 is 0 Å². The van der Waals surface area contributed by atoms with Gasteiger partial charge in [0.2, 0.25) is 0 Å². The van der Waals surface area contributed by atoms with Gasteiger partial charge in [0.1, 0.15) is 5.76 Å². The van der Waals surface area contributed by atoms with Crippen molar-refractivity contribution in [2.45, 2.75) is 59.0 Å². The fourth-order valence-electron chi connectivity index (χ4n) is 2.30. The van der Waals surface area contributed by atoms with Crippen LogP contribution in [0.4, 0.5) is 0 Å². The summed E-state index contributed by atoms with van der Waals surface area (Å²) < 4.78 is 5.17. The van der Waals surface area contributed by atoms with Crippen LogP contribution < -0.4 is 5.32 Å². The lowest BCUT2D eigenvalue weighted by molar-refractivity contribution is 0.389. The molecule has 0 bridgehead atoms. The van der Waals surface area contributed by atoms with E-state index in [1.54, 1.807) is 0 Å². The maximum absolute atomic E-state index is 5.17. The molecule has 3 nitrogen and oxygen atoms in total. The van der Waals surface area contributed by atoms with Crippen molar-refractivity contribution in [3.8, 4) is 0 Å². The Morgan fingerprint density at radius 3 is 2.69 bits per heavy atom. The second-order valence-electron chi connectivity index (χ2n) is 4.92. The zero-order valence-electron chi connectivity index (χ0n) is 10.5. The predicted molar refractivity (Wildman–Crippen MR) is 64.2 cm³/mol. The quantitative estimate of drug-likeness (QED) is 0.804. The van der Waals surface area contributed by atoms with E-state index in [4.69, 9.17) is 4.52 Å². The second kappa shape index (κ2) is 5.00. The number of hydrogen-bond acceptors (Lipinski definition) is 3. The Kier molecular flexibility index (Phi) is 3.64. The molecule has 2 rings (SSSR count). The highest BCUT2D eigenvalue weighted by Gasteiger charge is 2.30. The van der Waals surface area contributed by atoms with Gasteiger partial charge in [-0.3, -0.25) is 0 Å². The summed E-state index contributed by atoms with van der Waals surface area (Å²) in [6, 6.07) is 0.693. The molecule has 1 unspecified atom stereocenters. The number of aromatic nitrogens is 1. The van der Waals surface area contributed by atoms with E-state index < -0.39 is 0 Å². The lowest BCUT2D eigenvalue weighted by Crippen LogP contribution is -2.30. The molecule has 1 aromatic heterocycles.